The Morgan fingerprint density at radius 3 is 2.47 bits per heavy atom. The summed E-state index contributed by atoms with van der Waals surface area (Å²) in [6.07, 6.45) is 4.34. The monoisotopic (exact) mass is 405 g/mol. The highest BCUT2D eigenvalue weighted by atomic mass is 79.9. The van der Waals surface area contributed by atoms with Crippen LogP contribution >= 0.6 is 43.5 Å². The zero-order chi connectivity index (χ0) is 13.6. The van der Waals surface area contributed by atoms with Crippen LogP contribution in [-0.2, 0) is 0 Å². The average molecular weight is 408 g/mol. The lowest BCUT2D eigenvalue weighted by Gasteiger charge is -2.37. The van der Waals surface area contributed by atoms with Gasteiger partial charge in [-0.15, -0.1) is 0 Å². The Morgan fingerprint density at radius 1 is 1.26 bits per heavy atom. The first-order valence-corrected chi connectivity index (χ1v) is 8.56. The lowest BCUT2D eigenvalue weighted by Crippen LogP contribution is -2.46. The van der Waals surface area contributed by atoms with E-state index in [1.807, 2.05) is 12.1 Å². The molecule has 2 atom stereocenters. The second-order valence-electron chi connectivity index (χ2n) is 5.29. The smallest absolute Gasteiger partial charge is 0.255 e. The molecule has 2 bridgehead atoms. The molecule has 1 aromatic carbocycles. The van der Waals surface area contributed by atoms with Crippen molar-refractivity contribution < 1.29 is 4.79 Å². The molecular weight excluding hydrogens is 393 g/mol. The minimum absolute atomic E-state index is 0.0874. The Morgan fingerprint density at radius 2 is 1.89 bits per heavy atom. The summed E-state index contributed by atoms with van der Waals surface area (Å²) >= 11 is 13.3. The van der Waals surface area contributed by atoms with Gasteiger partial charge in [-0.2, -0.15) is 0 Å². The van der Waals surface area contributed by atoms with E-state index in [1.165, 1.54) is 0 Å². The van der Waals surface area contributed by atoms with Crippen LogP contribution in [0.25, 0.3) is 0 Å². The molecule has 2 saturated heterocycles. The molecule has 2 fully saturated rings. The van der Waals surface area contributed by atoms with Gasteiger partial charge in [0.25, 0.3) is 5.91 Å². The van der Waals surface area contributed by atoms with E-state index in [2.05, 4.69) is 36.8 Å². The van der Waals surface area contributed by atoms with Crippen LogP contribution in [0.4, 0.5) is 0 Å². The van der Waals surface area contributed by atoms with E-state index in [4.69, 9.17) is 11.6 Å². The second-order valence-corrected chi connectivity index (χ2v) is 7.91. The first kappa shape index (κ1) is 13.9. The molecule has 2 aliphatic heterocycles. The van der Waals surface area contributed by atoms with Gasteiger partial charge >= 0.3 is 0 Å². The number of amides is 1. The highest BCUT2D eigenvalue weighted by Gasteiger charge is 2.43. The van der Waals surface area contributed by atoms with Crippen LogP contribution in [0.3, 0.4) is 0 Å². The molecule has 2 nitrogen and oxygen atoms in total. The van der Waals surface area contributed by atoms with Crippen molar-refractivity contribution in [2.24, 2.45) is 0 Å². The summed E-state index contributed by atoms with van der Waals surface area (Å²) in [5.74, 6) is 0.0874. The highest BCUT2D eigenvalue weighted by Crippen LogP contribution is 2.40. The molecule has 1 aromatic rings. The van der Waals surface area contributed by atoms with Crippen molar-refractivity contribution in [2.45, 2.75) is 42.6 Å². The summed E-state index contributed by atoms with van der Waals surface area (Å²) < 4.78 is 0.899. The quantitative estimate of drug-likeness (QED) is 0.622. The predicted molar refractivity (Wildman–Crippen MR) is 84.1 cm³/mol. The van der Waals surface area contributed by atoms with Gasteiger partial charge in [-0.05, 0) is 43.9 Å². The number of carbonyl (C=O) groups excluding carboxylic acids is 1. The van der Waals surface area contributed by atoms with Crippen LogP contribution in [0, 0.1) is 0 Å². The maximum absolute atomic E-state index is 12.7. The molecule has 0 aromatic heterocycles. The van der Waals surface area contributed by atoms with Gasteiger partial charge in [0.05, 0.1) is 10.6 Å². The molecule has 5 heteroatoms. The number of alkyl halides is 1. The van der Waals surface area contributed by atoms with E-state index in [0.717, 1.165) is 30.2 Å². The molecule has 0 aliphatic carbocycles. The Balaban J connectivity index is 1.88. The average Bonchev–Trinajstić information content (AvgIpc) is 2.61. The Labute approximate surface area is 134 Å². The van der Waals surface area contributed by atoms with Crippen molar-refractivity contribution in [3.05, 3.63) is 33.3 Å². The Hall–Kier alpha value is -0.0600. The highest BCUT2D eigenvalue weighted by molar-refractivity contribution is 9.10. The van der Waals surface area contributed by atoms with Gasteiger partial charge in [0.1, 0.15) is 0 Å². The van der Waals surface area contributed by atoms with Gasteiger partial charge in [0.15, 0.2) is 0 Å². The van der Waals surface area contributed by atoms with E-state index in [0.29, 0.717) is 27.5 Å². The molecule has 2 aliphatic rings. The SMILES string of the molecule is O=C(c1ccc(Br)cc1Cl)N1C2CCC1CC(Br)C2. The minimum Gasteiger partial charge on any atom is -0.333 e. The number of hydrogen-bond donors (Lipinski definition) is 0. The van der Waals surface area contributed by atoms with Crippen LogP contribution in [0.15, 0.2) is 22.7 Å². The first-order valence-electron chi connectivity index (χ1n) is 6.48. The third kappa shape index (κ3) is 2.59. The fourth-order valence-electron chi connectivity index (χ4n) is 3.24. The van der Waals surface area contributed by atoms with Crippen molar-refractivity contribution in [3.63, 3.8) is 0 Å². The maximum Gasteiger partial charge on any atom is 0.255 e. The van der Waals surface area contributed by atoms with Crippen LogP contribution < -0.4 is 0 Å². The number of nitrogens with zero attached hydrogens (tertiary/aromatic N) is 1. The number of halogens is 3. The van der Waals surface area contributed by atoms with Gasteiger partial charge in [-0.1, -0.05) is 43.5 Å². The second kappa shape index (κ2) is 5.38. The number of rotatable bonds is 1. The van der Waals surface area contributed by atoms with Crippen molar-refractivity contribution in [3.8, 4) is 0 Å². The van der Waals surface area contributed by atoms with Crippen molar-refractivity contribution in [1.29, 1.82) is 0 Å². The Kier molecular flexibility index (Phi) is 3.93. The lowest BCUT2D eigenvalue weighted by atomic mass is 10.0. The van der Waals surface area contributed by atoms with Crippen LogP contribution in [-0.4, -0.2) is 27.7 Å². The maximum atomic E-state index is 12.7. The normalized spacial score (nSPS) is 29.6. The van der Waals surface area contributed by atoms with Crippen molar-refractivity contribution in [1.82, 2.24) is 4.90 Å². The summed E-state index contributed by atoms with van der Waals surface area (Å²) in [5.41, 5.74) is 0.620. The number of benzene rings is 1. The number of fused-ring (bicyclic) bond motifs is 2. The van der Waals surface area contributed by atoms with Crippen molar-refractivity contribution >= 4 is 49.4 Å². The molecule has 2 heterocycles. The molecule has 19 heavy (non-hydrogen) atoms. The predicted octanol–water partition coefficient (Wildman–Crippen LogP) is 4.63. The van der Waals surface area contributed by atoms with E-state index < -0.39 is 0 Å². The lowest BCUT2D eigenvalue weighted by molar-refractivity contribution is 0.0603. The van der Waals surface area contributed by atoms with Gasteiger partial charge < -0.3 is 4.90 Å². The largest absolute Gasteiger partial charge is 0.333 e. The molecule has 0 saturated carbocycles. The fourth-order valence-corrected chi connectivity index (χ4v) is 4.86. The topological polar surface area (TPSA) is 20.3 Å². The molecule has 0 spiro atoms. The fraction of sp³-hybridized carbons (Fsp3) is 0.500. The summed E-state index contributed by atoms with van der Waals surface area (Å²) in [5, 5.41) is 0.528. The van der Waals surface area contributed by atoms with Crippen molar-refractivity contribution in [2.75, 3.05) is 0 Å². The molecule has 3 rings (SSSR count). The van der Waals surface area contributed by atoms with E-state index >= 15 is 0 Å². The number of hydrogen-bond acceptors (Lipinski definition) is 1. The van der Waals surface area contributed by atoms with Gasteiger partial charge in [-0.25, -0.2) is 0 Å². The molecule has 2 unspecified atom stereocenters. The summed E-state index contributed by atoms with van der Waals surface area (Å²) in [6.45, 7) is 0. The van der Waals surface area contributed by atoms with Gasteiger partial charge in [0.2, 0.25) is 0 Å². The molecular formula is C14H14Br2ClNO. The zero-order valence-electron chi connectivity index (χ0n) is 10.3. The molecule has 0 N–H and O–H groups in total. The van der Waals surface area contributed by atoms with Gasteiger partial charge in [-0.3, -0.25) is 4.79 Å². The number of carbonyl (C=O) groups is 1. The zero-order valence-corrected chi connectivity index (χ0v) is 14.2. The molecule has 102 valence electrons. The van der Waals surface area contributed by atoms with Crippen LogP contribution in [0.5, 0.6) is 0 Å². The third-order valence-corrected chi connectivity index (χ3v) is 5.63. The third-order valence-electron chi connectivity index (χ3n) is 4.07. The first-order chi connectivity index (χ1) is 9.06. The summed E-state index contributed by atoms with van der Waals surface area (Å²) in [6, 6.07) is 6.21. The summed E-state index contributed by atoms with van der Waals surface area (Å²) in [7, 11) is 0. The molecule has 0 radical (unpaired) electrons. The van der Waals surface area contributed by atoms with E-state index in [1.54, 1.807) is 6.07 Å². The molecule has 1 amide bonds. The van der Waals surface area contributed by atoms with Crippen LogP contribution in [0.1, 0.15) is 36.0 Å². The standard InChI is InChI=1S/C14H14Br2ClNO/c15-8-1-4-12(13(17)7-8)14(19)18-10-2-3-11(18)6-9(16)5-10/h1,4,7,9-11H,2-3,5-6H2. The summed E-state index contributed by atoms with van der Waals surface area (Å²) in [4.78, 5) is 15.3. The van der Waals surface area contributed by atoms with E-state index in [9.17, 15) is 4.79 Å². The van der Waals surface area contributed by atoms with Crippen LogP contribution in [0.2, 0.25) is 5.02 Å². The van der Waals surface area contributed by atoms with E-state index in [-0.39, 0.29) is 5.91 Å². The van der Waals surface area contributed by atoms with Gasteiger partial charge in [0, 0.05) is 21.4 Å². The Bertz CT molecular complexity index is 508. The minimum atomic E-state index is 0.0874. The number of piperidine rings is 1.